The van der Waals surface area contributed by atoms with Crippen LogP contribution >= 0.6 is 0 Å². The predicted octanol–water partition coefficient (Wildman–Crippen LogP) is 1.51. The standard InChI is InChI=1S/C19H22N4O4/c1-11-7-14(12(2)27-11)16-10-23-9-15(20-17(23)19(26)21(16)3)18(25)22-6-4-5-13(24)8-22/h7,9-10,13,24H,4-6,8H2,1-3H3. The summed E-state index contributed by atoms with van der Waals surface area (Å²) >= 11 is 0. The molecule has 1 aliphatic heterocycles. The molecular formula is C19H22N4O4. The van der Waals surface area contributed by atoms with Crippen LogP contribution in [0.15, 0.2) is 27.7 Å². The van der Waals surface area contributed by atoms with Crippen molar-refractivity contribution >= 4 is 11.6 Å². The van der Waals surface area contributed by atoms with Crippen molar-refractivity contribution in [2.75, 3.05) is 13.1 Å². The van der Waals surface area contributed by atoms with Crippen LogP contribution in [0.5, 0.6) is 0 Å². The molecule has 8 nitrogen and oxygen atoms in total. The van der Waals surface area contributed by atoms with E-state index in [0.29, 0.717) is 25.2 Å². The highest BCUT2D eigenvalue weighted by molar-refractivity contribution is 5.93. The summed E-state index contributed by atoms with van der Waals surface area (Å²) < 4.78 is 8.69. The minimum atomic E-state index is -0.508. The lowest BCUT2D eigenvalue weighted by molar-refractivity contribution is 0.0469. The molecule has 1 atom stereocenters. The van der Waals surface area contributed by atoms with E-state index < -0.39 is 6.10 Å². The van der Waals surface area contributed by atoms with E-state index in [-0.39, 0.29) is 22.8 Å². The van der Waals surface area contributed by atoms with Crippen LogP contribution in [0.1, 0.15) is 34.9 Å². The highest BCUT2D eigenvalue weighted by atomic mass is 16.3. The second-order valence-electron chi connectivity index (χ2n) is 7.11. The number of amides is 1. The molecule has 142 valence electrons. The Bertz CT molecular complexity index is 1090. The van der Waals surface area contributed by atoms with E-state index in [1.54, 1.807) is 28.7 Å². The molecule has 0 aromatic carbocycles. The van der Waals surface area contributed by atoms with Crippen molar-refractivity contribution in [3.05, 3.63) is 46.0 Å². The number of likely N-dealkylation sites (tertiary alicyclic amines) is 1. The largest absolute Gasteiger partial charge is 0.466 e. The van der Waals surface area contributed by atoms with Gasteiger partial charge >= 0.3 is 0 Å². The van der Waals surface area contributed by atoms with Crippen molar-refractivity contribution in [2.24, 2.45) is 7.05 Å². The summed E-state index contributed by atoms with van der Waals surface area (Å²) in [7, 11) is 1.68. The van der Waals surface area contributed by atoms with Gasteiger partial charge in [-0.2, -0.15) is 0 Å². The molecule has 1 N–H and O–H groups in total. The van der Waals surface area contributed by atoms with Crippen molar-refractivity contribution in [3.63, 3.8) is 0 Å². The molecule has 1 unspecified atom stereocenters. The van der Waals surface area contributed by atoms with Crippen LogP contribution in [-0.4, -0.2) is 49.1 Å². The number of β-amino-alcohol motifs (C(OH)–C–C–N with tert-alkyl or cyclic N) is 1. The van der Waals surface area contributed by atoms with Crippen molar-refractivity contribution in [2.45, 2.75) is 32.8 Å². The smallest absolute Gasteiger partial charge is 0.294 e. The van der Waals surface area contributed by atoms with E-state index in [1.165, 1.54) is 4.57 Å². The number of imidazole rings is 1. The molecule has 1 aliphatic rings. The maximum absolute atomic E-state index is 12.8. The fourth-order valence-corrected chi connectivity index (χ4v) is 3.67. The second-order valence-corrected chi connectivity index (χ2v) is 7.11. The molecule has 0 spiro atoms. The van der Waals surface area contributed by atoms with Crippen molar-refractivity contribution in [3.8, 4) is 11.3 Å². The first-order valence-electron chi connectivity index (χ1n) is 8.98. The molecule has 0 bridgehead atoms. The maximum Gasteiger partial charge on any atom is 0.294 e. The van der Waals surface area contributed by atoms with Crippen LogP contribution in [0.3, 0.4) is 0 Å². The van der Waals surface area contributed by atoms with Gasteiger partial charge in [0, 0.05) is 38.1 Å². The molecule has 1 saturated heterocycles. The number of aliphatic hydroxyl groups excluding tert-OH is 1. The molecule has 4 rings (SSSR count). The van der Waals surface area contributed by atoms with E-state index >= 15 is 0 Å². The fourth-order valence-electron chi connectivity index (χ4n) is 3.67. The maximum atomic E-state index is 12.8. The Labute approximate surface area is 155 Å². The average Bonchev–Trinajstić information content (AvgIpc) is 3.20. The van der Waals surface area contributed by atoms with Gasteiger partial charge in [-0.15, -0.1) is 0 Å². The summed E-state index contributed by atoms with van der Waals surface area (Å²) in [5.41, 5.74) is 1.63. The second kappa shape index (κ2) is 6.38. The molecule has 0 radical (unpaired) electrons. The Morgan fingerprint density at radius 3 is 2.78 bits per heavy atom. The first-order valence-corrected chi connectivity index (χ1v) is 8.98. The Balaban J connectivity index is 1.79. The van der Waals surface area contributed by atoms with Crippen LogP contribution in [-0.2, 0) is 7.05 Å². The number of hydrogen-bond acceptors (Lipinski definition) is 5. The third kappa shape index (κ3) is 2.95. The number of rotatable bonds is 2. The molecule has 27 heavy (non-hydrogen) atoms. The first-order chi connectivity index (χ1) is 12.8. The minimum absolute atomic E-state index is 0.194. The van der Waals surface area contributed by atoms with Crippen LogP contribution < -0.4 is 5.56 Å². The number of piperidine rings is 1. The van der Waals surface area contributed by atoms with Gasteiger partial charge in [-0.25, -0.2) is 4.98 Å². The van der Waals surface area contributed by atoms with Crippen molar-refractivity contribution < 1.29 is 14.3 Å². The Hall–Kier alpha value is -2.87. The number of nitrogens with zero attached hydrogens (tertiary/aromatic N) is 4. The predicted molar refractivity (Wildman–Crippen MR) is 98.8 cm³/mol. The Kier molecular flexibility index (Phi) is 4.15. The van der Waals surface area contributed by atoms with Gasteiger partial charge in [-0.1, -0.05) is 0 Å². The van der Waals surface area contributed by atoms with E-state index in [2.05, 4.69) is 4.98 Å². The lowest BCUT2D eigenvalue weighted by Gasteiger charge is -2.29. The summed E-state index contributed by atoms with van der Waals surface area (Å²) in [4.78, 5) is 31.4. The zero-order chi connectivity index (χ0) is 19.3. The fraction of sp³-hybridized carbons (Fsp3) is 0.421. The SMILES string of the molecule is Cc1cc(-c2cn3cc(C(=O)N4CCCC(O)C4)nc3c(=O)n2C)c(C)o1. The van der Waals surface area contributed by atoms with E-state index in [1.807, 2.05) is 19.9 Å². The molecule has 3 aromatic rings. The minimum Gasteiger partial charge on any atom is -0.466 e. The summed E-state index contributed by atoms with van der Waals surface area (Å²) in [5.74, 6) is 1.22. The number of aliphatic hydroxyl groups is 1. The summed E-state index contributed by atoms with van der Waals surface area (Å²) in [6, 6.07) is 1.88. The van der Waals surface area contributed by atoms with Gasteiger partial charge in [0.25, 0.3) is 11.5 Å². The van der Waals surface area contributed by atoms with Gasteiger partial charge in [-0.05, 0) is 32.8 Å². The quantitative estimate of drug-likeness (QED) is 0.738. The number of carbonyl (C=O) groups excluding carboxylic acids is 1. The van der Waals surface area contributed by atoms with Crippen molar-refractivity contribution in [1.82, 2.24) is 18.9 Å². The molecule has 1 fully saturated rings. The Morgan fingerprint density at radius 1 is 1.33 bits per heavy atom. The topological polar surface area (TPSA) is 93.0 Å². The van der Waals surface area contributed by atoms with Gasteiger partial charge in [0.05, 0.1) is 11.8 Å². The average molecular weight is 370 g/mol. The normalized spacial score (nSPS) is 17.6. The molecular weight excluding hydrogens is 348 g/mol. The number of aromatic nitrogens is 3. The lowest BCUT2D eigenvalue weighted by Crippen LogP contribution is -2.42. The lowest BCUT2D eigenvalue weighted by atomic mass is 10.1. The monoisotopic (exact) mass is 370 g/mol. The number of hydrogen-bond donors (Lipinski definition) is 1. The van der Waals surface area contributed by atoms with E-state index in [4.69, 9.17) is 4.42 Å². The number of fused-ring (bicyclic) bond motifs is 1. The Morgan fingerprint density at radius 2 is 2.11 bits per heavy atom. The highest BCUT2D eigenvalue weighted by Gasteiger charge is 2.25. The number of carbonyl (C=O) groups is 1. The molecule has 0 aliphatic carbocycles. The molecule has 4 heterocycles. The van der Waals surface area contributed by atoms with Crippen molar-refractivity contribution in [1.29, 1.82) is 0 Å². The van der Waals surface area contributed by atoms with Crippen LogP contribution in [0.4, 0.5) is 0 Å². The van der Waals surface area contributed by atoms with Gasteiger partial charge in [0.1, 0.15) is 17.2 Å². The third-order valence-corrected chi connectivity index (χ3v) is 5.07. The van der Waals surface area contributed by atoms with Gasteiger partial charge in [0.2, 0.25) is 5.65 Å². The summed E-state index contributed by atoms with van der Waals surface area (Å²) in [5, 5.41) is 9.80. The summed E-state index contributed by atoms with van der Waals surface area (Å²) in [6.45, 7) is 4.58. The zero-order valence-corrected chi connectivity index (χ0v) is 15.6. The highest BCUT2D eigenvalue weighted by Crippen LogP contribution is 2.25. The van der Waals surface area contributed by atoms with E-state index in [0.717, 1.165) is 23.5 Å². The van der Waals surface area contributed by atoms with Gasteiger partial charge < -0.3 is 19.0 Å². The van der Waals surface area contributed by atoms with Crippen LogP contribution in [0.25, 0.3) is 16.9 Å². The summed E-state index contributed by atoms with van der Waals surface area (Å²) in [6.07, 6.45) is 4.30. The third-order valence-electron chi connectivity index (χ3n) is 5.07. The zero-order valence-electron chi connectivity index (χ0n) is 15.6. The number of furan rings is 1. The molecule has 1 amide bonds. The number of aryl methyl sites for hydroxylation is 2. The molecule has 8 heteroatoms. The van der Waals surface area contributed by atoms with Crippen LogP contribution in [0, 0.1) is 13.8 Å². The van der Waals surface area contributed by atoms with E-state index in [9.17, 15) is 14.7 Å². The first kappa shape index (κ1) is 17.5. The van der Waals surface area contributed by atoms with Gasteiger partial charge in [-0.3, -0.25) is 14.0 Å². The molecule has 3 aromatic heterocycles. The van der Waals surface area contributed by atoms with Gasteiger partial charge in [0.15, 0.2) is 0 Å². The molecule has 0 saturated carbocycles. The van der Waals surface area contributed by atoms with Crippen LogP contribution in [0.2, 0.25) is 0 Å².